The summed E-state index contributed by atoms with van der Waals surface area (Å²) in [5.41, 5.74) is 3.19. The van der Waals surface area contributed by atoms with Crippen LogP contribution in [0.15, 0.2) is 18.2 Å². The van der Waals surface area contributed by atoms with E-state index in [0.29, 0.717) is 18.2 Å². The number of esters is 1. The number of hydrogen-bond donors (Lipinski definition) is 1. The first-order valence-electron chi connectivity index (χ1n) is 5.79. The van der Waals surface area contributed by atoms with E-state index in [-0.39, 0.29) is 18.4 Å². The fourth-order valence-electron chi connectivity index (χ4n) is 2.15. The number of halogens is 1. The lowest BCUT2D eigenvalue weighted by molar-refractivity contribution is 0.0526. The highest BCUT2D eigenvalue weighted by Gasteiger charge is 2.21. The molecule has 1 aromatic rings. The molecular formula is C13H18ClNO2. The van der Waals surface area contributed by atoms with Crippen molar-refractivity contribution in [1.29, 1.82) is 0 Å². The number of ether oxygens (including phenoxy) is 1. The highest BCUT2D eigenvalue weighted by Crippen LogP contribution is 2.28. The Morgan fingerprint density at radius 3 is 2.88 bits per heavy atom. The smallest absolute Gasteiger partial charge is 0.338 e. The van der Waals surface area contributed by atoms with Crippen molar-refractivity contribution >= 4 is 18.4 Å². The maximum atomic E-state index is 11.6. The van der Waals surface area contributed by atoms with Crippen molar-refractivity contribution in [2.75, 3.05) is 6.61 Å². The first-order chi connectivity index (χ1) is 7.76. The number of nitrogens with one attached hydrogen (secondary N) is 1. The van der Waals surface area contributed by atoms with Crippen LogP contribution in [0, 0.1) is 0 Å². The topological polar surface area (TPSA) is 38.3 Å². The van der Waals surface area contributed by atoms with Gasteiger partial charge in [0.25, 0.3) is 0 Å². The van der Waals surface area contributed by atoms with Gasteiger partial charge in [-0.3, -0.25) is 0 Å². The second kappa shape index (κ2) is 6.03. The summed E-state index contributed by atoms with van der Waals surface area (Å²) in [6.07, 6.45) is 1.08. The predicted molar refractivity (Wildman–Crippen MR) is 69.5 cm³/mol. The minimum atomic E-state index is -0.231. The van der Waals surface area contributed by atoms with Crippen LogP contribution in [0.4, 0.5) is 0 Å². The summed E-state index contributed by atoms with van der Waals surface area (Å²) in [5, 5.41) is 3.42. The zero-order chi connectivity index (χ0) is 11.5. The Labute approximate surface area is 108 Å². The van der Waals surface area contributed by atoms with Crippen LogP contribution >= 0.6 is 12.4 Å². The van der Waals surface area contributed by atoms with Gasteiger partial charge in [0.05, 0.1) is 12.2 Å². The summed E-state index contributed by atoms with van der Waals surface area (Å²) in [6.45, 7) is 5.25. The van der Waals surface area contributed by atoms with Gasteiger partial charge in [0, 0.05) is 12.6 Å². The minimum absolute atomic E-state index is 0. The standard InChI is InChI=1S/C13H17NO2.ClH/c1-3-12-11-6-5-9(13(15)16-4-2)7-10(11)8-14-12;/h5-7,12,14H,3-4,8H2,1-2H3;1H. The van der Waals surface area contributed by atoms with Crippen LogP contribution in [0.25, 0.3) is 0 Å². The lowest BCUT2D eigenvalue weighted by Gasteiger charge is -2.08. The number of carbonyl (C=O) groups is 1. The summed E-state index contributed by atoms with van der Waals surface area (Å²) in [4.78, 5) is 11.6. The van der Waals surface area contributed by atoms with Gasteiger partial charge in [0.2, 0.25) is 0 Å². The molecule has 1 aliphatic heterocycles. The lowest BCUT2D eigenvalue weighted by Crippen LogP contribution is -2.10. The molecule has 1 unspecified atom stereocenters. The van der Waals surface area contributed by atoms with E-state index in [1.807, 2.05) is 25.1 Å². The second-order valence-corrected chi connectivity index (χ2v) is 3.98. The van der Waals surface area contributed by atoms with Gasteiger partial charge in [-0.05, 0) is 36.6 Å². The number of rotatable bonds is 3. The van der Waals surface area contributed by atoms with Gasteiger partial charge < -0.3 is 10.1 Å². The van der Waals surface area contributed by atoms with Crippen molar-refractivity contribution in [3.63, 3.8) is 0 Å². The molecule has 4 heteroatoms. The van der Waals surface area contributed by atoms with Crippen LogP contribution in [0.3, 0.4) is 0 Å². The van der Waals surface area contributed by atoms with E-state index in [9.17, 15) is 4.79 Å². The van der Waals surface area contributed by atoms with Gasteiger partial charge in [-0.25, -0.2) is 4.79 Å². The first-order valence-corrected chi connectivity index (χ1v) is 5.79. The summed E-state index contributed by atoms with van der Waals surface area (Å²) in [5.74, 6) is -0.231. The van der Waals surface area contributed by atoms with E-state index in [1.54, 1.807) is 0 Å². The zero-order valence-electron chi connectivity index (χ0n) is 10.2. The van der Waals surface area contributed by atoms with Gasteiger partial charge in [-0.15, -0.1) is 12.4 Å². The molecule has 0 saturated carbocycles. The molecule has 0 aliphatic carbocycles. The second-order valence-electron chi connectivity index (χ2n) is 3.98. The average Bonchev–Trinajstić information content (AvgIpc) is 2.71. The van der Waals surface area contributed by atoms with E-state index in [2.05, 4.69) is 12.2 Å². The Hall–Kier alpha value is -1.06. The number of carbonyl (C=O) groups excluding carboxylic acids is 1. The molecular weight excluding hydrogens is 238 g/mol. The van der Waals surface area contributed by atoms with Crippen LogP contribution in [0.2, 0.25) is 0 Å². The summed E-state index contributed by atoms with van der Waals surface area (Å²) in [6, 6.07) is 6.27. The Kier molecular flexibility index (Phi) is 4.97. The number of hydrogen-bond acceptors (Lipinski definition) is 3. The molecule has 0 radical (unpaired) electrons. The van der Waals surface area contributed by atoms with Crippen molar-refractivity contribution in [2.24, 2.45) is 0 Å². The fraction of sp³-hybridized carbons (Fsp3) is 0.462. The van der Waals surface area contributed by atoms with E-state index in [1.165, 1.54) is 11.1 Å². The number of benzene rings is 1. The highest BCUT2D eigenvalue weighted by atomic mass is 35.5. The quantitative estimate of drug-likeness (QED) is 0.844. The first kappa shape index (κ1) is 14.0. The maximum absolute atomic E-state index is 11.6. The van der Waals surface area contributed by atoms with Gasteiger partial charge in [0.15, 0.2) is 0 Å². The highest BCUT2D eigenvalue weighted by molar-refractivity contribution is 5.89. The van der Waals surface area contributed by atoms with Crippen LogP contribution < -0.4 is 5.32 Å². The van der Waals surface area contributed by atoms with Crippen molar-refractivity contribution in [2.45, 2.75) is 32.9 Å². The minimum Gasteiger partial charge on any atom is -0.462 e. The molecule has 0 bridgehead atoms. The molecule has 3 nitrogen and oxygen atoms in total. The molecule has 0 fully saturated rings. The Balaban J connectivity index is 0.00000144. The molecule has 0 aromatic heterocycles. The fourth-order valence-corrected chi connectivity index (χ4v) is 2.15. The van der Waals surface area contributed by atoms with Crippen LogP contribution in [-0.4, -0.2) is 12.6 Å². The normalized spacial score (nSPS) is 17.2. The molecule has 1 heterocycles. The SMILES string of the molecule is CCOC(=O)c1ccc2c(c1)CNC2CC.Cl. The van der Waals surface area contributed by atoms with E-state index in [0.717, 1.165) is 13.0 Å². The third-order valence-corrected chi connectivity index (χ3v) is 2.98. The van der Waals surface area contributed by atoms with E-state index >= 15 is 0 Å². The monoisotopic (exact) mass is 255 g/mol. The van der Waals surface area contributed by atoms with E-state index in [4.69, 9.17) is 4.74 Å². The number of fused-ring (bicyclic) bond motifs is 1. The van der Waals surface area contributed by atoms with Crippen molar-refractivity contribution in [3.8, 4) is 0 Å². The van der Waals surface area contributed by atoms with Crippen LogP contribution in [0.5, 0.6) is 0 Å². The molecule has 1 atom stereocenters. The molecule has 2 rings (SSSR count). The maximum Gasteiger partial charge on any atom is 0.338 e. The van der Waals surface area contributed by atoms with E-state index < -0.39 is 0 Å². The molecule has 0 amide bonds. The molecule has 1 aliphatic rings. The third kappa shape index (κ3) is 2.79. The molecule has 94 valence electrons. The zero-order valence-corrected chi connectivity index (χ0v) is 11.0. The van der Waals surface area contributed by atoms with Gasteiger partial charge in [-0.2, -0.15) is 0 Å². The van der Waals surface area contributed by atoms with Gasteiger partial charge in [0.1, 0.15) is 0 Å². The van der Waals surface area contributed by atoms with Crippen molar-refractivity contribution in [1.82, 2.24) is 5.32 Å². The largest absolute Gasteiger partial charge is 0.462 e. The van der Waals surface area contributed by atoms with Gasteiger partial charge >= 0.3 is 5.97 Å². The Morgan fingerprint density at radius 2 is 2.24 bits per heavy atom. The molecule has 0 saturated heterocycles. The molecule has 1 N–H and O–H groups in total. The third-order valence-electron chi connectivity index (χ3n) is 2.98. The average molecular weight is 256 g/mol. The summed E-state index contributed by atoms with van der Waals surface area (Å²) >= 11 is 0. The Morgan fingerprint density at radius 1 is 1.47 bits per heavy atom. The van der Waals surface area contributed by atoms with Gasteiger partial charge in [-0.1, -0.05) is 13.0 Å². The Bertz CT molecular complexity index is 406. The summed E-state index contributed by atoms with van der Waals surface area (Å²) < 4.78 is 4.98. The predicted octanol–water partition coefficient (Wildman–Crippen LogP) is 2.84. The van der Waals surface area contributed by atoms with Crippen molar-refractivity contribution < 1.29 is 9.53 Å². The van der Waals surface area contributed by atoms with Crippen molar-refractivity contribution in [3.05, 3.63) is 34.9 Å². The molecule has 0 spiro atoms. The molecule has 1 aromatic carbocycles. The summed E-state index contributed by atoms with van der Waals surface area (Å²) in [7, 11) is 0. The molecule has 17 heavy (non-hydrogen) atoms. The van der Waals surface area contributed by atoms with Crippen LogP contribution in [-0.2, 0) is 11.3 Å². The van der Waals surface area contributed by atoms with Crippen LogP contribution in [0.1, 0.15) is 47.8 Å². The lowest BCUT2D eigenvalue weighted by atomic mass is 10.0.